The quantitative estimate of drug-likeness (QED) is 0.718. The molecule has 134 valence electrons. The highest BCUT2D eigenvalue weighted by Gasteiger charge is 2.31. The fraction of sp³-hybridized carbons (Fsp3) is 0.632. The molecule has 4 nitrogen and oxygen atoms in total. The maximum Gasteiger partial charge on any atom is 0.224 e. The lowest BCUT2D eigenvalue weighted by molar-refractivity contribution is -0.134. The average Bonchev–Trinajstić information content (AvgIpc) is 2.70. The van der Waals surface area contributed by atoms with Crippen LogP contribution in [0.4, 0.5) is 4.39 Å². The van der Waals surface area contributed by atoms with Crippen molar-refractivity contribution in [2.45, 2.75) is 39.3 Å². The molecular formula is C19H29FN2O2. The van der Waals surface area contributed by atoms with E-state index in [0.717, 1.165) is 38.2 Å². The summed E-state index contributed by atoms with van der Waals surface area (Å²) in [4.78, 5) is 17.0. The van der Waals surface area contributed by atoms with Gasteiger partial charge in [-0.05, 0) is 30.0 Å². The van der Waals surface area contributed by atoms with Gasteiger partial charge in [-0.1, -0.05) is 26.0 Å². The van der Waals surface area contributed by atoms with Gasteiger partial charge in [-0.15, -0.1) is 0 Å². The van der Waals surface area contributed by atoms with Crippen LogP contribution in [0.15, 0.2) is 24.3 Å². The Balaban J connectivity index is 2.09. The van der Waals surface area contributed by atoms with Crippen LogP contribution in [0.3, 0.4) is 0 Å². The van der Waals surface area contributed by atoms with Crippen molar-refractivity contribution in [2.24, 2.45) is 5.92 Å². The van der Waals surface area contributed by atoms with E-state index >= 15 is 0 Å². The van der Waals surface area contributed by atoms with Gasteiger partial charge in [0.1, 0.15) is 5.82 Å². The molecule has 1 aliphatic heterocycles. The molecule has 0 spiro atoms. The van der Waals surface area contributed by atoms with E-state index < -0.39 is 0 Å². The van der Waals surface area contributed by atoms with E-state index in [0.29, 0.717) is 18.9 Å². The number of ether oxygens (including phenoxy) is 1. The van der Waals surface area contributed by atoms with Gasteiger partial charge < -0.3 is 14.5 Å². The second-order valence-electron chi connectivity index (χ2n) is 6.86. The van der Waals surface area contributed by atoms with Crippen molar-refractivity contribution in [2.75, 3.05) is 33.4 Å². The number of carbonyl (C=O) groups is 1. The monoisotopic (exact) mass is 336 g/mol. The number of halogens is 1. The van der Waals surface area contributed by atoms with Crippen molar-refractivity contribution >= 4 is 5.91 Å². The van der Waals surface area contributed by atoms with E-state index in [2.05, 4.69) is 18.7 Å². The molecule has 5 heteroatoms. The predicted molar refractivity (Wildman–Crippen MR) is 93.1 cm³/mol. The number of hydrogen-bond acceptors (Lipinski definition) is 3. The highest BCUT2D eigenvalue weighted by Crippen LogP contribution is 2.21. The number of methoxy groups -OCH3 is 1. The maximum absolute atomic E-state index is 13.1. The van der Waals surface area contributed by atoms with Gasteiger partial charge in [-0.25, -0.2) is 4.39 Å². The molecule has 1 unspecified atom stereocenters. The first-order valence-electron chi connectivity index (χ1n) is 8.76. The predicted octanol–water partition coefficient (Wildman–Crippen LogP) is 2.92. The topological polar surface area (TPSA) is 32.8 Å². The Labute approximate surface area is 144 Å². The third-order valence-electron chi connectivity index (χ3n) is 4.67. The van der Waals surface area contributed by atoms with Crippen molar-refractivity contribution in [3.63, 3.8) is 0 Å². The van der Waals surface area contributed by atoms with Gasteiger partial charge in [0, 0.05) is 52.4 Å². The minimum Gasteiger partial charge on any atom is -0.385 e. The van der Waals surface area contributed by atoms with E-state index in [1.54, 1.807) is 19.2 Å². The Morgan fingerprint density at radius 1 is 1.29 bits per heavy atom. The molecule has 0 radical (unpaired) electrons. The highest BCUT2D eigenvalue weighted by atomic mass is 19.1. The number of amides is 1. The first-order chi connectivity index (χ1) is 11.5. The first kappa shape index (κ1) is 18.9. The lowest BCUT2D eigenvalue weighted by Gasteiger charge is -2.35. The second-order valence-corrected chi connectivity index (χ2v) is 6.86. The van der Waals surface area contributed by atoms with Crippen molar-refractivity contribution in [1.29, 1.82) is 0 Å². The second kappa shape index (κ2) is 9.14. The molecule has 0 saturated carbocycles. The van der Waals surface area contributed by atoms with Gasteiger partial charge in [0.05, 0.1) is 0 Å². The van der Waals surface area contributed by atoms with Crippen LogP contribution >= 0.6 is 0 Å². The van der Waals surface area contributed by atoms with E-state index in [-0.39, 0.29) is 17.8 Å². The summed E-state index contributed by atoms with van der Waals surface area (Å²) in [5.41, 5.74) is 0.975. The zero-order valence-electron chi connectivity index (χ0n) is 15.0. The molecule has 1 aliphatic rings. The summed E-state index contributed by atoms with van der Waals surface area (Å²) in [6.07, 6.45) is 1.52. The molecule has 1 saturated heterocycles. The minimum absolute atomic E-state index is 0.174. The third kappa shape index (κ3) is 5.28. The van der Waals surface area contributed by atoms with Crippen molar-refractivity contribution in [3.8, 4) is 0 Å². The van der Waals surface area contributed by atoms with Crippen LogP contribution in [0.1, 0.15) is 32.3 Å². The summed E-state index contributed by atoms with van der Waals surface area (Å²) in [5, 5.41) is 0. The van der Waals surface area contributed by atoms with Gasteiger partial charge in [0.15, 0.2) is 0 Å². The SMILES string of the molecule is COCCCN1CCC(=O)N(Cc2ccc(F)cc2)C(C(C)C)C1. The van der Waals surface area contributed by atoms with Crippen LogP contribution < -0.4 is 0 Å². The molecule has 1 amide bonds. The zero-order valence-corrected chi connectivity index (χ0v) is 15.0. The molecule has 0 bridgehead atoms. The fourth-order valence-corrected chi connectivity index (χ4v) is 3.23. The largest absolute Gasteiger partial charge is 0.385 e. The highest BCUT2D eigenvalue weighted by molar-refractivity contribution is 5.77. The molecule has 2 rings (SSSR count). The molecule has 1 fully saturated rings. The summed E-state index contributed by atoms with van der Waals surface area (Å²) in [6, 6.07) is 6.62. The Morgan fingerprint density at radius 3 is 2.62 bits per heavy atom. The number of benzene rings is 1. The van der Waals surface area contributed by atoms with Gasteiger partial charge in [0.2, 0.25) is 5.91 Å². The summed E-state index contributed by atoms with van der Waals surface area (Å²) < 4.78 is 18.2. The van der Waals surface area contributed by atoms with Gasteiger partial charge in [-0.2, -0.15) is 0 Å². The van der Waals surface area contributed by atoms with Crippen molar-refractivity contribution in [1.82, 2.24) is 9.80 Å². The van der Waals surface area contributed by atoms with Crippen molar-refractivity contribution < 1.29 is 13.9 Å². The summed E-state index contributed by atoms with van der Waals surface area (Å²) in [7, 11) is 1.72. The van der Waals surface area contributed by atoms with Crippen LogP contribution in [0.25, 0.3) is 0 Å². The van der Waals surface area contributed by atoms with Gasteiger partial charge in [0.25, 0.3) is 0 Å². The normalized spacial score (nSPS) is 19.8. The Hall–Kier alpha value is -1.46. The van der Waals surface area contributed by atoms with Crippen LogP contribution in [0.5, 0.6) is 0 Å². The van der Waals surface area contributed by atoms with Crippen LogP contribution in [-0.2, 0) is 16.1 Å². The average molecular weight is 336 g/mol. The molecule has 1 aromatic carbocycles. The molecule has 0 N–H and O–H groups in total. The molecular weight excluding hydrogens is 307 g/mol. The molecule has 1 atom stereocenters. The van der Waals surface area contributed by atoms with Gasteiger partial charge >= 0.3 is 0 Å². The van der Waals surface area contributed by atoms with E-state index in [1.807, 2.05) is 4.90 Å². The summed E-state index contributed by atoms with van der Waals surface area (Å²) in [5.74, 6) is 0.315. The van der Waals surface area contributed by atoms with Crippen LogP contribution in [0, 0.1) is 11.7 Å². The van der Waals surface area contributed by atoms with Crippen LogP contribution in [-0.4, -0.2) is 55.1 Å². The molecule has 0 aromatic heterocycles. The molecule has 1 aromatic rings. The fourth-order valence-electron chi connectivity index (χ4n) is 3.23. The Morgan fingerprint density at radius 2 is 2.00 bits per heavy atom. The standard InChI is InChI=1S/C19H29FN2O2/c1-15(2)18-14-21(10-4-12-24-3)11-9-19(23)22(18)13-16-5-7-17(20)8-6-16/h5-8,15,18H,4,9-14H2,1-3H3. The number of nitrogens with zero attached hydrogens (tertiary/aromatic N) is 2. The number of carbonyl (C=O) groups excluding carboxylic acids is 1. The van der Waals surface area contributed by atoms with Crippen LogP contribution in [0.2, 0.25) is 0 Å². The van der Waals surface area contributed by atoms with E-state index in [4.69, 9.17) is 4.74 Å². The minimum atomic E-state index is -0.245. The van der Waals surface area contributed by atoms with E-state index in [9.17, 15) is 9.18 Å². The first-order valence-corrected chi connectivity index (χ1v) is 8.76. The lowest BCUT2D eigenvalue weighted by atomic mass is 10.0. The zero-order chi connectivity index (χ0) is 17.5. The molecule has 24 heavy (non-hydrogen) atoms. The lowest BCUT2D eigenvalue weighted by Crippen LogP contribution is -2.46. The Kier molecular flexibility index (Phi) is 7.18. The number of hydrogen-bond donors (Lipinski definition) is 0. The number of rotatable bonds is 7. The molecule has 0 aliphatic carbocycles. The smallest absolute Gasteiger partial charge is 0.224 e. The maximum atomic E-state index is 13.1. The molecule has 1 heterocycles. The van der Waals surface area contributed by atoms with E-state index in [1.165, 1.54) is 12.1 Å². The van der Waals surface area contributed by atoms with Gasteiger partial charge in [-0.3, -0.25) is 4.79 Å². The summed E-state index contributed by atoms with van der Waals surface area (Å²) in [6.45, 7) is 8.25. The van der Waals surface area contributed by atoms with Crippen molar-refractivity contribution in [3.05, 3.63) is 35.6 Å². The summed E-state index contributed by atoms with van der Waals surface area (Å²) >= 11 is 0. The Bertz CT molecular complexity index is 519. The third-order valence-corrected chi connectivity index (χ3v) is 4.67.